The highest BCUT2D eigenvalue weighted by molar-refractivity contribution is 7.87. The SMILES string of the molecule is Cc1cccc(Nc2nc(F)nc(Nc3cc(S(=O)(=O)O)cc4cc(S(=O)(=O)O)c(N=Nc5ccc6c(S(=O)(=O)O)cccc6c5S(=O)(=O)O)c(O)c34)n2)c1. The first kappa shape index (κ1) is 38.9. The Hall–Kier alpha value is -5.80. The van der Waals surface area contributed by atoms with Crippen LogP contribution in [-0.4, -0.2) is 71.9 Å². The molecule has 0 aliphatic heterocycles. The Bertz CT molecular complexity index is 3090. The number of aryl methyl sites for hydroxylation is 1. The van der Waals surface area contributed by atoms with Crippen molar-refractivity contribution in [3.05, 3.63) is 84.4 Å². The molecule has 5 aromatic carbocycles. The molecule has 0 radical (unpaired) electrons. The summed E-state index contributed by atoms with van der Waals surface area (Å²) in [5, 5.41) is 22.1. The van der Waals surface area contributed by atoms with E-state index in [1.54, 1.807) is 31.2 Å². The third-order valence-corrected chi connectivity index (χ3v) is 11.1. The van der Waals surface area contributed by atoms with Crippen LogP contribution < -0.4 is 10.6 Å². The van der Waals surface area contributed by atoms with E-state index in [0.29, 0.717) is 23.9 Å². The van der Waals surface area contributed by atoms with Gasteiger partial charge in [-0.2, -0.15) is 53.0 Å². The zero-order valence-electron chi connectivity index (χ0n) is 27.2. The molecule has 0 saturated carbocycles. The highest BCUT2D eigenvalue weighted by atomic mass is 32.2. The van der Waals surface area contributed by atoms with Crippen LogP contribution in [-0.2, 0) is 40.5 Å². The summed E-state index contributed by atoms with van der Waals surface area (Å²) in [5.41, 5.74) is -1.15. The molecular formula is C30H22FN7O13S4. The fourth-order valence-corrected chi connectivity index (χ4v) is 8.14. The van der Waals surface area contributed by atoms with E-state index in [1.807, 2.05) is 0 Å². The zero-order valence-corrected chi connectivity index (χ0v) is 30.4. The van der Waals surface area contributed by atoms with Gasteiger partial charge in [0.2, 0.25) is 11.9 Å². The van der Waals surface area contributed by atoms with Crippen LogP contribution in [0.2, 0.25) is 0 Å². The van der Waals surface area contributed by atoms with Crippen molar-refractivity contribution in [2.75, 3.05) is 10.6 Å². The van der Waals surface area contributed by atoms with Crippen LogP contribution in [0.25, 0.3) is 21.5 Å². The van der Waals surface area contributed by atoms with Crippen molar-refractivity contribution < 1.29 is 61.4 Å². The molecule has 0 aliphatic rings. The number of aromatic hydroxyl groups is 1. The first-order valence-corrected chi connectivity index (χ1v) is 20.5. The maximum atomic E-state index is 14.6. The number of nitrogens with one attached hydrogen (secondary N) is 2. The topological polar surface area (TPSA) is 325 Å². The van der Waals surface area contributed by atoms with Crippen LogP contribution in [0.4, 0.5) is 39.0 Å². The molecule has 6 aromatic rings. The largest absolute Gasteiger partial charge is 0.505 e. The number of hydrogen-bond acceptors (Lipinski definition) is 16. The molecule has 55 heavy (non-hydrogen) atoms. The normalized spacial score (nSPS) is 12.8. The van der Waals surface area contributed by atoms with Crippen molar-refractivity contribution in [2.24, 2.45) is 10.2 Å². The molecule has 0 amide bonds. The minimum Gasteiger partial charge on any atom is -0.505 e. The predicted molar refractivity (Wildman–Crippen MR) is 191 cm³/mol. The fraction of sp³-hybridized carbons (Fsp3) is 0.0333. The molecule has 0 aliphatic carbocycles. The van der Waals surface area contributed by atoms with E-state index in [4.69, 9.17) is 0 Å². The molecule has 1 heterocycles. The van der Waals surface area contributed by atoms with Gasteiger partial charge in [0, 0.05) is 21.8 Å². The zero-order chi connectivity index (χ0) is 40.2. The molecule has 0 spiro atoms. The number of hydrogen-bond donors (Lipinski definition) is 7. The highest BCUT2D eigenvalue weighted by Crippen LogP contribution is 2.46. The standard InChI is InChI=1S/C30H22FN7O13S4/c1-14-4-2-5-16(10-14)32-29-34-28(31)35-30(36-29)33-21-13-17(52(40,41)42)11-15-12-23(54(46,47)48)25(26(39)24(15)21)38-37-20-9-8-18-19(27(20)55(49,50)51)6-3-7-22(18)53(43,44)45/h2-13,39H,1H3,(H,40,41,42)(H,43,44,45)(H,46,47,48)(H,49,50,51)(H2,32,33,34,35,36). The Balaban J connectivity index is 1.58. The summed E-state index contributed by atoms with van der Waals surface area (Å²) < 4.78 is 153. The Labute approximate surface area is 309 Å². The Morgan fingerprint density at radius 2 is 1.31 bits per heavy atom. The van der Waals surface area contributed by atoms with E-state index < -0.39 is 111 Å². The van der Waals surface area contributed by atoms with Gasteiger partial charge in [0.15, 0.2) is 5.75 Å². The monoisotopic (exact) mass is 835 g/mol. The molecule has 6 rings (SSSR count). The van der Waals surface area contributed by atoms with Crippen LogP contribution in [0.5, 0.6) is 5.75 Å². The molecule has 286 valence electrons. The summed E-state index contributed by atoms with van der Waals surface area (Å²) in [6.45, 7) is 1.78. The first-order chi connectivity index (χ1) is 25.5. The van der Waals surface area contributed by atoms with Crippen molar-refractivity contribution in [2.45, 2.75) is 26.5 Å². The van der Waals surface area contributed by atoms with Gasteiger partial charge in [0.25, 0.3) is 40.5 Å². The smallest absolute Gasteiger partial charge is 0.315 e. The van der Waals surface area contributed by atoms with E-state index in [-0.39, 0.29) is 11.3 Å². The lowest BCUT2D eigenvalue weighted by Crippen LogP contribution is -2.07. The minimum absolute atomic E-state index is 0.350. The molecule has 20 nitrogen and oxygen atoms in total. The number of anilines is 4. The molecule has 0 atom stereocenters. The molecule has 0 bridgehead atoms. The molecule has 1 aromatic heterocycles. The predicted octanol–water partition coefficient (Wildman–Crippen LogP) is 5.22. The summed E-state index contributed by atoms with van der Waals surface area (Å²) in [6.07, 6.45) is -1.34. The van der Waals surface area contributed by atoms with E-state index in [0.717, 1.165) is 35.9 Å². The average Bonchev–Trinajstić information content (AvgIpc) is 3.05. The number of nitrogens with zero attached hydrogens (tertiary/aromatic N) is 5. The van der Waals surface area contributed by atoms with Gasteiger partial charge in [0.05, 0.1) is 10.6 Å². The number of benzene rings is 5. The Morgan fingerprint density at radius 1 is 0.655 bits per heavy atom. The van der Waals surface area contributed by atoms with Crippen LogP contribution >= 0.6 is 0 Å². The van der Waals surface area contributed by atoms with E-state index in [1.165, 1.54) is 0 Å². The van der Waals surface area contributed by atoms with Gasteiger partial charge in [0.1, 0.15) is 26.1 Å². The molecule has 25 heteroatoms. The molecule has 0 fully saturated rings. The third kappa shape index (κ3) is 8.17. The van der Waals surface area contributed by atoms with Crippen LogP contribution in [0.15, 0.2) is 103 Å². The van der Waals surface area contributed by atoms with Crippen molar-refractivity contribution in [1.29, 1.82) is 0 Å². The molecule has 7 N–H and O–H groups in total. The van der Waals surface area contributed by atoms with Crippen LogP contribution in [0, 0.1) is 13.0 Å². The number of aromatic nitrogens is 3. The van der Waals surface area contributed by atoms with Crippen LogP contribution in [0.1, 0.15) is 5.56 Å². The minimum atomic E-state index is -5.41. The van der Waals surface area contributed by atoms with Gasteiger partial charge in [-0.3, -0.25) is 18.2 Å². The summed E-state index contributed by atoms with van der Waals surface area (Å²) in [5.74, 6) is -2.15. The number of phenolic OH excluding ortho intramolecular Hbond substituents is 1. The summed E-state index contributed by atoms with van der Waals surface area (Å²) in [4.78, 5) is 7.13. The average molecular weight is 836 g/mol. The van der Waals surface area contributed by atoms with E-state index in [9.17, 15) is 61.4 Å². The number of phenols is 1. The Kier molecular flexibility index (Phi) is 9.77. The van der Waals surface area contributed by atoms with Gasteiger partial charge < -0.3 is 15.7 Å². The number of halogens is 1. The van der Waals surface area contributed by atoms with E-state index in [2.05, 4.69) is 35.8 Å². The fourth-order valence-electron chi connectivity index (χ4n) is 5.40. The number of fused-ring (bicyclic) bond motifs is 2. The van der Waals surface area contributed by atoms with Crippen LogP contribution in [0.3, 0.4) is 0 Å². The Morgan fingerprint density at radius 3 is 1.93 bits per heavy atom. The quantitative estimate of drug-likeness (QED) is 0.0687. The van der Waals surface area contributed by atoms with Crippen molar-refractivity contribution in [1.82, 2.24) is 15.0 Å². The number of rotatable bonds is 10. The lowest BCUT2D eigenvalue weighted by atomic mass is 10.1. The maximum absolute atomic E-state index is 14.6. The van der Waals surface area contributed by atoms with E-state index >= 15 is 0 Å². The second-order valence-electron chi connectivity index (χ2n) is 11.4. The maximum Gasteiger partial charge on any atom is 0.315 e. The third-order valence-electron chi connectivity index (χ3n) is 7.57. The lowest BCUT2D eigenvalue weighted by Gasteiger charge is -2.15. The van der Waals surface area contributed by atoms with Crippen molar-refractivity contribution >= 4 is 96.7 Å². The number of azo groups is 1. The van der Waals surface area contributed by atoms with Gasteiger partial charge in [-0.15, -0.1) is 10.2 Å². The van der Waals surface area contributed by atoms with Gasteiger partial charge in [-0.05, 0) is 60.3 Å². The second-order valence-corrected chi connectivity index (χ2v) is 16.9. The van der Waals surface area contributed by atoms with Crippen molar-refractivity contribution in [3.8, 4) is 5.75 Å². The summed E-state index contributed by atoms with van der Waals surface area (Å²) >= 11 is 0. The summed E-state index contributed by atoms with van der Waals surface area (Å²) in [7, 11) is -20.7. The van der Waals surface area contributed by atoms with Crippen molar-refractivity contribution in [3.63, 3.8) is 0 Å². The summed E-state index contributed by atoms with van der Waals surface area (Å²) in [6, 6.07) is 13.5. The van der Waals surface area contributed by atoms with Gasteiger partial charge >= 0.3 is 6.08 Å². The van der Waals surface area contributed by atoms with Gasteiger partial charge in [-0.1, -0.05) is 30.3 Å². The molecular weight excluding hydrogens is 814 g/mol. The first-order valence-electron chi connectivity index (χ1n) is 14.7. The molecule has 0 saturated heterocycles. The van der Waals surface area contributed by atoms with Gasteiger partial charge in [-0.25, -0.2) is 0 Å². The highest BCUT2D eigenvalue weighted by Gasteiger charge is 2.28. The molecule has 0 unspecified atom stereocenters. The lowest BCUT2D eigenvalue weighted by molar-refractivity contribution is 0.472. The second kappa shape index (κ2) is 13.8.